The van der Waals surface area contributed by atoms with E-state index in [2.05, 4.69) is 29.4 Å². The van der Waals surface area contributed by atoms with Crippen molar-refractivity contribution in [1.82, 2.24) is 10.2 Å². The number of carbonyl (C=O) groups excluding carboxylic acids is 1. The molecule has 1 unspecified atom stereocenters. The molecule has 1 heterocycles. The van der Waals surface area contributed by atoms with Gasteiger partial charge >= 0.3 is 0 Å². The second-order valence-corrected chi connectivity index (χ2v) is 6.32. The van der Waals surface area contributed by atoms with Crippen molar-refractivity contribution < 1.29 is 9.53 Å². The molecule has 1 saturated heterocycles. The molecular weight excluding hydrogens is 302 g/mol. The van der Waals surface area contributed by atoms with E-state index in [0.717, 1.165) is 50.6 Å². The predicted molar refractivity (Wildman–Crippen MR) is 98.6 cm³/mol. The first-order valence-electron chi connectivity index (χ1n) is 9.17. The molecule has 5 heteroatoms. The Balaban J connectivity index is 1.80. The van der Waals surface area contributed by atoms with Crippen molar-refractivity contribution >= 4 is 11.6 Å². The summed E-state index contributed by atoms with van der Waals surface area (Å²) < 4.78 is 5.88. The Morgan fingerprint density at radius 1 is 1.33 bits per heavy atom. The number of rotatable bonds is 10. The molecule has 0 aromatic heterocycles. The number of nitrogens with one attached hydrogen (secondary N) is 2. The van der Waals surface area contributed by atoms with Gasteiger partial charge in [0.1, 0.15) is 12.4 Å². The van der Waals surface area contributed by atoms with Crippen LogP contribution in [0.1, 0.15) is 33.1 Å². The highest BCUT2D eigenvalue weighted by atomic mass is 16.5. The third-order valence-corrected chi connectivity index (χ3v) is 4.66. The Morgan fingerprint density at radius 3 is 2.83 bits per heavy atom. The summed E-state index contributed by atoms with van der Waals surface area (Å²) in [6.45, 7) is 9.98. The van der Waals surface area contributed by atoms with Crippen molar-refractivity contribution in [3.8, 4) is 5.75 Å². The van der Waals surface area contributed by atoms with Crippen molar-refractivity contribution in [3.63, 3.8) is 0 Å². The van der Waals surface area contributed by atoms with Gasteiger partial charge in [0.15, 0.2) is 0 Å². The average molecular weight is 333 g/mol. The Hall–Kier alpha value is -1.59. The standard InChI is InChI=1S/C19H31N3O2/c1-3-22(4-2)13-14-24-18-8-6-5-7-17(18)21-19(23)10-9-16-11-12-20-15-16/h5-8,16,20H,3-4,9-15H2,1-2H3,(H,21,23). The summed E-state index contributed by atoms with van der Waals surface area (Å²) in [6.07, 6.45) is 2.70. The summed E-state index contributed by atoms with van der Waals surface area (Å²) in [4.78, 5) is 14.5. The third kappa shape index (κ3) is 6.13. The fraction of sp³-hybridized carbons (Fsp3) is 0.632. The summed E-state index contributed by atoms with van der Waals surface area (Å²) in [7, 11) is 0. The zero-order chi connectivity index (χ0) is 17.2. The Bertz CT molecular complexity index is 497. The summed E-state index contributed by atoms with van der Waals surface area (Å²) in [6, 6.07) is 7.68. The van der Waals surface area contributed by atoms with Gasteiger partial charge in [0.2, 0.25) is 5.91 Å². The van der Waals surface area contributed by atoms with Crippen LogP contribution in [0.2, 0.25) is 0 Å². The van der Waals surface area contributed by atoms with Gasteiger partial charge in [-0.2, -0.15) is 0 Å². The Labute approximate surface area is 145 Å². The van der Waals surface area contributed by atoms with Crippen LogP contribution in [0.4, 0.5) is 5.69 Å². The Kier molecular flexibility index (Phi) is 8.05. The van der Waals surface area contributed by atoms with Crippen molar-refractivity contribution in [2.75, 3.05) is 44.6 Å². The fourth-order valence-corrected chi connectivity index (χ4v) is 3.03. The highest BCUT2D eigenvalue weighted by Gasteiger charge is 2.16. The lowest BCUT2D eigenvalue weighted by Crippen LogP contribution is -2.28. The molecule has 134 valence electrons. The van der Waals surface area contributed by atoms with Gasteiger partial charge in [-0.3, -0.25) is 4.79 Å². The highest BCUT2D eigenvalue weighted by molar-refractivity contribution is 5.92. The molecule has 0 radical (unpaired) electrons. The number of amides is 1. The van der Waals surface area contributed by atoms with E-state index in [-0.39, 0.29) is 5.91 Å². The second-order valence-electron chi connectivity index (χ2n) is 6.32. The first kappa shape index (κ1) is 18.7. The van der Waals surface area contributed by atoms with Gasteiger partial charge in [-0.05, 0) is 57.1 Å². The van der Waals surface area contributed by atoms with E-state index in [4.69, 9.17) is 4.74 Å². The van der Waals surface area contributed by atoms with Gasteiger partial charge in [0, 0.05) is 13.0 Å². The van der Waals surface area contributed by atoms with Crippen LogP contribution < -0.4 is 15.4 Å². The lowest BCUT2D eigenvalue weighted by Gasteiger charge is -2.19. The van der Waals surface area contributed by atoms with Gasteiger partial charge in [0.25, 0.3) is 0 Å². The minimum atomic E-state index is 0.0710. The number of likely N-dealkylation sites (N-methyl/N-ethyl adjacent to an activating group) is 1. The average Bonchev–Trinajstić information content (AvgIpc) is 3.12. The first-order chi connectivity index (χ1) is 11.7. The minimum Gasteiger partial charge on any atom is -0.490 e. The number of para-hydroxylation sites is 2. The van der Waals surface area contributed by atoms with Gasteiger partial charge in [-0.15, -0.1) is 0 Å². The minimum absolute atomic E-state index is 0.0710. The molecule has 2 rings (SSSR count). The maximum absolute atomic E-state index is 12.2. The van der Waals surface area contributed by atoms with Crippen LogP contribution >= 0.6 is 0 Å². The lowest BCUT2D eigenvalue weighted by atomic mass is 10.0. The van der Waals surface area contributed by atoms with E-state index in [9.17, 15) is 4.79 Å². The SMILES string of the molecule is CCN(CC)CCOc1ccccc1NC(=O)CCC1CCNC1. The van der Waals surface area contributed by atoms with Crippen LogP contribution in [0.3, 0.4) is 0 Å². The van der Waals surface area contributed by atoms with E-state index in [1.54, 1.807) is 0 Å². The highest BCUT2D eigenvalue weighted by Crippen LogP contribution is 2.24. The van der Waals surface area contributed by atoms with Crippen LogP contribution in [0.5, 0.6) is 5.75 Å². The predicted octanol–water partition coefficient (Wildman–Crippen LogP) is 2.74. The molecule has 0 aliphatic carbocycles. The number of benzene rings is 1. The quantitative estimate of drug-likeness (QED) is 0.691. The molecule has 1 aliphatic heterocycles. The van der Waals surface area contributed by atoms with Gasteiger partial charge in [0.05, 0.1) is 5.69 Å². The van der Waals surface area contributed by atoms with Gasteiger partial charge in [-0.25, -0.2) is 0 Å². The number of carbonyl (C=O) groups is 1. The van der Waals surface area contributed by atoms with Crippen molar-refractivity contribution in [1.29, 1.82) is 0 Å². The van der Waals surface area contributed by atoms with Crippen LogP contribution in [-0.2, 0) is 4.79 Å². The normalized spacial score (nSPS) is 17.2. The van der Waals surface area contributed by atoms with Crippen LogP contribution in [0.15, 0.2) is 24.3 Å². The zero-order valence-electron chi connectivity index (χ0n) is 15.0. The number of ether oxygens (including phenoxy) is 1. The van der Waals surface area contributed by atoms with E-state index in [0.29, 0.717) is 18.9 Å². The monoisotopic (exact) mass is 333 g/mol. The third-order valence-electron chi connectivity index (χ3n) is 4.66. The topological polar surface area (TPSA) is 53.6 Å². The molecule has 1 aromatic rings. The van der Waals surface area contributed by atoms with E-state index >= 15 is 0 Å². The molecule has 1 atom stereocenters. The smallest absolute Gasteiger partial charge is 0.224 e. The van der Waals surface area contributed by atoms with E-state index < -0.39 is 0 Å². The number of anilines is 1. The molecule has 1 aliphatic rings. The van der Waals surface area contributed by atoms with E-state index in [1.807, 2.05) is 24.3 Å². The lowest BCUT2D eigenvalue weighted by molar-refractivity contribution is -0.116. The molecule has 1 fully saturated rings. The van der Waals surface area contributed by atoms with Crippen molar-refractivity contribution in [3.05, 3.63) is 24.3 Å². The van der Waals surface area contributed by atoms with Gasteiger partial charge < -0.3 is 20.3 Å². The summed E-state index contributed by atoms with van der Waals surface area (Å²) in [5.74, 6) is 1.46. The van der Waals surface area contributed by atoms with Crippen LogP contribution in [0, 0.1) is 5.92 Å². The Morgan fingerprint density at radius 2 is 2.12 bits per heavy atom. The second kappa shape index (κ2) is 10.3. The van der Waals surface area contributed by atoms with Crippen LogP contribution in [-0.4, -0.2) is 50.1 Å². The first-order valence-corrected chi connectivity index (χ1v) is 9.17. The molecule has 5 nitrogen and oxygen atoms in total. The molecule has 1 aromatic carbocycles. The molecule has 2 N–H and O–H groups in total. The van der Waals surface area contributed by atoms with Gasteiger partial charge in [-0.1, -0.05) is 26.0 Å². The largest absolute Gasteiger partial charge is 0.490 e. The van der Waals surface area contributed by atoms with Crippen LogP contribution in [0.25, 0.3) is 0 Å². The summed E-state index contributed by atoms with van der Waals surface area (Å²) in [5.41, 5.74) is 0.770. The van der Waals surface area contributed by atoms with E-state index in [1.165, 1.54) is 6.42 Å². The summed E-state index contributed by atoms with van der Waals surface area (Å²) in [5, 5.41) is 6.34. The number of nitrogens with zero attached hydrogens (tertiary/aromatic N) is 1. The molecule has 24 heavy (non-hydrogen) atoms. The van der Waals surface area contributed by atoms with Crippen molar-refractivity contribution in [2.45, 2.75) is 33.1 Å². The fourth-order valence-electron chi connectivity index (χ4n) is 3.03. The number of hydrogen-bond acceptors (Lipinski definition) is 4. The molecule has 0 spiro atoms. The molecule has 0 saturated carbocycles. The van der Waals surface area contributed by atoms with Crippen molar-refractivity contribution in [2.24, 2.45) is 5.92 Å². The molecule has 1 amide bonds. The number of hydrogen-bond donors (Lipinski definition) is 2. The molecular formula is C19H31N3O2. The maximum Gasteiger partial charge on any atom is 0.224 e. The summed E-state index contributed by atoms with van der Waals surface area (Å²) >= 11 is 0. The zero-order valence-corrected chi connectivity index (χ0v) is 15.0. The molecule has 0 bridgehead atoms. The maximum atomic E-state index is 12.2.